The molecule has 0 saturated carbocycles. The van der Waals surface area contributed by atoms with Crippen LogP contribution in [0.15, 0.2) is 212 Å². The second kappa shape index (κ2) is 13.2. The van der Waals surface area contributed by atoms with Crippen LogP contribution in [0.3, 0.4) is 0 Å². The number of fused-ring (bicyclic) bond motifs is 14. The second-order valence-corrected chi connectivity index (χ2v) is 15.5. The molecule has 9 aromatic rings. The topological polar surface area (TPSA) is 12.5 Å². The lowest BCUT2D eigenvalue weighted by Gasteiger charge is -2.36. The zero-order chi connectivity index (χ0) is 38.9. The maximum absolute atomic E-state index is 7.19. The van der Waals surface area contributed by atoms with Crippen LogP contribution in [0.5, 0.6) is 11.5 Å². The van der Waals surface area contributed by atoms with E-state index in [1.165, 1.54) is 55.6 Å². The van der Waals surface area contributed by atoms with E-state index in [1.807, 2.05) is 0 Å². The van der Waals surface area contributed by atoms with Crippen LogP contribution < -0.4 is 9.64 Å². The molecule has 0 atom stereocenters. The normalized spacial score (nSPS) is 13.3. The number of hydrogen-bond donors (Lipinski definition) is 0. The summed E-state index contributed by atoms with van der Waals surface area (Å²) in [5.74, 6) is 1.66. The number of anilines is 3. The molecule has 3 aliphatic rings. The summed E-state index contributed by atoms with van der Waals surface area (Å²) in [5.41, 5.74) is 19.4. The number of hydrogen-bond acceptors (Lipinski definition) is 2. The average Bonchev–Trinajstić information content (AvgIpc) is 3.41. The lowest BCUT2D eigenvalue weighted by molar-refractivity contribution is 0.489. The van der Waals surface area contributed by atoms with Crippen molar-refractivity contribution < 1.29 is 4.74 Å². The molecule has 0 fully saturated rings. The zero-order valence-corrected chi connectivity index (χ0v) is 32.2. The van der Waals surface area contributed by atoms with E-state index in [-0.39, 0.29) is 0 Å². The molecule has 1 aliphatic heterocycles. The highest BCUT2D eigenvalue weighted by atomic mass is 16.5. The van der Waals surface area contributed by atoms with Crippen LogP contribution in [-0.4, -0.2) is 0 Å². The van der Waals surface area contributed by atoms with Gasteiger partial charge >= 0.3 is 0 Å². The second-order valence-electron chi connectivity index (χ2n) is 15.5. The zero-order valence-electron chi connectivity index (χ0n) is 32.2. The standard InChI is InChI=1S/C57H37NO/c1-2-16-38(17-3-1)39-34-36-42(37-35-39)58(53-30-14-24-46-44-21-7-6-20-43(44)45-22-9-13-31-54(45)59-56(46)53)52-29-15-28-51-55(52)47-23-8-12-27-50(47)57(51)48-25-10-4-18-40(48)32-33-41-19-5-11-26-49(41)57/h1-37H. The molecule has 9 aromatic carbocycles. The minimum Gasteiger partial charge on any atom is -0.454 e. The molecular weight excluding hydrogens is 715 g/mol. The minimum absolute atomic E-state index is 0.552. The van der Waals surface area contributed by atoms with Crippen LogP contribution in [0.25, 0.3) is 56.7 Å². The van der Waals surface area contributed by atoms with E-state index in [1.54, 1.807) is 0 Å². The van der Waals surface area contributed by atoms with Crippen LogP contribution >= 0.6 is 0 Å². The van der Waals surface area contributed by atoms with E-state index in [0.29, 0.717) is 0 Å². The van der Waals surface area contributed by atoms with Crippen molar-refractivity contribution in [2.45, 2.75) is 5.41 Å². The lowest BCUT2D eigenvalue weighted by Crippen LogP contribution is -2.30. The maximum Gasteiger partial charge on any atom is 0.159 e. The van der Waals surface area contributed by atoms with Gasteiger partial charge in [-0.3, -0.25) is 0 Å². The van der Waals surface area contributed by atoms with Crippen molar-refractivity contribution in [2.75, 3.05) is 4.90 Å². The summed E-state index contributed by atoms with van der Waals surface area (Å²) in [6.07, 6.45) is 4.58. The molecule has 0 amide bonds. The van der Waals surface area contributed by atoms with Crippen LogP contribution in [0.2, 0.25) is 0 Å². The first-order chi connectivity index (χ1) is 29.3. The first-order valence-electron chi connectivity index (χ1n) is 20.3. The van der Waals surface area contributed by atoms with Gasteiger partial charge in [0.2, 0.25) is 0 Å². The fraction of sp³-hybridized carbons (Fsp3) is 0.0175. The highest BCUT2D eigenvalue weighted by Crippen LogP contribution is 2.62. The number of benzene rings is 9. The Hall–Kier alpha value is -7.68. The van der Waals surface area contributed by atoms with E-state index in [9.17, 15) is 0 Å². The van der Waals surface area contributed by atoms with Crippen LogP contribution in [0.1, 0.15) is 33.4 Å². The van der Waals surface area contributed by atoms with Gasteiger partial charge in [-0.05, 0) is 91.5 Å². The van der Waals surface area contributed by atoms with Crippen LogP contribution in [0, 0.1) is 0 Å². The molecule has 0 N–H and O–H groups in total. The molecule has 59 heavy (non-hydrogen) atoms. The largest absolute Gasteiger partial charge is 0.454 e. The summed E-state index contributed by atoms with van der Waals surface area (Å²) >= 11 is 0. The lowest BCUT2D eigenvalue weighted by atomic mass is 9.66. The third-order valence-electron chi connectivity index (χ3n) is 12.5. The summed E-state index contributed by atoms with van der Waals surface area (Å²) in [4.78, 5) is 2.44. The fourth-order valence-electron chi connectivity index (χ4n) is 10.1. The van der Waals surface area contributed by atoms with Crippen molar-refractivity contribution in [1.29, 1.82) is 0 Å². The van der Waals surface area contributed by atoms with E-state index >= 15 is 0 Å². The van der Waals surface area contributed by atoms with Gasteiger partial charge in [0, 0.05) is 22.4 Å². The molecule has 0 unspecified atom stereocenters. The van der Waals surface area contributed by atoms with Crippen LogP contribution in [-0.2, 0) is 5.41 Å². The summed E-state index contributed by atoms with van der Waals surface area (Å²) in [6.45, 7) is 0. The van der Waals surface area contributed by atoms with Gasteiger partial charge in [0.15, 0.2) is 5.75 Å². The Morgan fingerprint density at radius 2 is 0.847 bits per heavy atom. The van der Waals surface area contributed by atoms with Gasteiger partial charge in [-0.15, -0.1) is 0 Å². The summed E-state index contributed by atoms with van der Waals surface area (Å²) in [7, 11) is 0. The SMILES string of the molecule is C1=Cc2ccccc2C2(c3ccccc31)c1ccccc1-c1c(N(c3ccc(-c4ccccc4)cc3)c3cccc4c3Oc3ccccc3-c3ccccc3-4)cccc12. The molecule has 2 nitrogen and oxygen atoms in total. The van der Waals surface area contributed by atoms with Gasteiger partial charge in [-0.25, -0.2) is 0 Å². The van der Waals surface area contributed by atoms with Gasteiger partial charge in [0.1, 0.15) is 5.75 Å². The predicted molar refractivity (Wildman–Crippen MR) is 244 cm³/mol. The summed E-state index contributed by atoms with van der Waals surface area (Å²) in [6, 6.07) is 77.2. The molecule has 0 aromatic heterocycles. The summed E-state index contributed by atoms with van der Waals surface area (Å²) in [5, 5.41) is 0. The molecule has 0 radical (unpaired) electrons. The van der Waals surface area contributed by atoms with E-state index < -0.39 is 5.41 Å². The van der Waals surface area contributed by atoms with Crippen molar-refractivity contribution >= 4 is 29.2 Å². The monoisotopic (exact) mass is 751 g/mol. The Labute approximate surface area is 344 Å². The predicted octanol–water partition coefficient (Wildman–Crippen LogP) is 15.1. The third kappa shape index (κ3) is 4.93. The van der Waals surface area contributed by atoms with Crippen molar-refractivity contribution in [2.24, 2.45) is 0 Å². The third-order valence-corrected chi connectivity index (χ3v) is 12.5. The number of para-hydroxylation sites is 2. The highest BCUT2D eigenvalue weighted by molar-refractivity contribution is 6.01. The summed E-state index contributed by atoms with van der Waals surface area (Å²) < 4.78 is 7.19. The molecule has 2 aliphatic carbocycles. The van der Waals surface area contributed by atoms with Crippen molar-refractivity contribution in [3.05, 3.63) is 246 Å². The first kappa shape index (κ1) is 33.5. The molecule has 276 valence electrons. The molecule has 0 bridgehead atoms. The number of rotatable bonds is 4. The Bertz CT molecular complexity index is 3090. The Morgan fingerprint density at radius 1 is 0.339 bits per heavy atom. The van der Waals surface area contributed by atoms with Gasteiger partial charge in [0.05, 0.1) is 16.8 Å². The molecule has 2 heteroatoms. The Morgan fingerprint density at radius 3 is 1.58 bits per heavy atom. The Kier molecular flexibility index (Phi) is 7.48. The molecule has 12 rings (SSSR count). The van der Waals surface area contributed by atoms with Gasteiger partial charge in [0.25, 0.3) is 0 Å². The Balaban J connectivity index is 1.17. The van der Waals surface area contributed by atoms with Gasteiger partial charge in [-0.2, -0.15) is 0 Å². The van der Waals surface area contributed by atoms with Crippen LogP contribution in [0.4, 0.5) is 17.1 Å². The quantitative estimate of drug-likeness (QED) is 0.178. The average molecular weight is 752 g/mol. The maximum atomic E-state index is 7.19. The highest BCUT2D eigenvalue weighted by Gasteiger charge is 2.49. The van der Waals surface area contributed by atoms with Gasteiger partial charge in [-0.1, -0.05) is 194 Å². The smallest absolute Gasteiger partial charge is 0.159 e. The fourth-order valence-corrected chi connectivity index (χ4v) is 10.1. The van der Waals surface area contributed by atoms with E-state index in [2.05, 4.69) is 229 Å². The first-order valence-corrected chi connectivity index (χ1v) is 20.3. The van der Waals surface area contributed by atoms with E-state index in [4.69, 9.17) is 4.74 Å². The van der Waals surface area contributed by atoms with Gasteiger partial charge < -0.3 is 9.64 Å². The van der Waals surface area contributed by atoms with Crippen molar-refractivity contribution in [3.8, 4) is 56.0 Å². The molecule has 0 saturated heterocycles. The molecule has 1 spiro atoms. The van der Waals surface area contributed by atoms with E-state index in [0.717, 1.165) is 50.8 Å². The van der Waals surface area contributed by atoms with Crippen molar-refractivity contribution in [1.82, 2.24) is 0 Å². The minimum atomic E-state index is -0.552. The van der Waals surface area contributed by atoms with Crippen molar-refractivity contribution in [3.63, 3.8) is 0 Å². The molecular formula is C57H37NO. The number of nitrogens with zero attached hydrogens (tertiary/aromatic N) is 1. The number of ether oxygens (including phenoxy) is 1. The molecule has 1 heterocycles.